The molecule has 0 aliphatic heterocycles. The second kappa shape index (κ2) is 7.66. The summed E-state index contributed by atoms with van der Waals surface area (Å²) in [6.45, 7) is 1.86. The van der Waals surface area contributed by atoms with Gasteiger partial charge in [0.05, 0.1) is 17.0 Å². The third kappa shape index (κ3) is 3.64. The van der Waals surface area contributed by atoms with Crippen molar-refractivity contribution in [3.05, 3.63) is 72.5 Å². The van der Waals surface area contributed by atoms with Gasteiger partial charge in [0.25, 0.3) is 11.2 Å². The molecule has 1 aromatic carbocycles. The van der Waals surface area contributed by atoms with Crippen LogP contribution in [0.25, 0.3) is 11.0 Å². The number of hydrogen-bond donors (Lipinski definition) is 1. The van der Waals surface area contributed by atoms with Crippen LogP contribution in [0.2, 0.25) is 0 Å². The van der Waals surface area contributed by atoms with Gasteiger partial charge in [-0.2, -0.15) is 0 Å². The molecule has 0 bridgehead atoms. The number of carbonyl (C=O) groups excluding carboxylic acids is 1. The molecule has 2 heterocycles. The molecule has 10 nitrogen and oxygen atoms in total. The second-order valence-electron chi connectivity index (χ2n) is 6.56. The van der Waals surface area contributed by atoms with Crippen molar-refractivity contribution < 1.29 is 9.72 Å². The van der Waals surface area contributed by atoms with Gasteiger partial charge in [-0.3, -0.25) is 28.8 Å². The molecule has 3 rings (SSSR count). The van der Waals surface area contributed by atoms with Crippen molar-refractivity contribution in [1.29, 1.82) is 0 Å². The van der Waals surface area contributed by atoms with Crippen molar-refractivity contribution in [1.82, 2.24) is 14.1 Å². The number of fused-ring (bicyclic) bond motifs is 1. The molecule has 150 valence electrons. The molecule has 10 heteroatoms. The Morgan fingerprint density at radius 3 is 2.41 bits per heavy atom. The summed E-state index contributed by atoms with van der Waals surface area (Å²) in [5.41, 5.74) is 0.627. The van der Waals surface area contributed by atoms with Crippen molar-refractivity contribution in [2.75, 3.05) is 5.32 Å². The van der Waals surface area contributed by atoms with Crippen molar-refractivity contribution in [3.63, 3.8) is 0 Å². The highest BCUT2D eigenvalue weighted by atomic mass is 16.6. The van der Waals surface area contributed by atoms with Crippen molar-refractivity contribution in [2.24, 2.45) is 14.1 Å². The fourth-order valence-electron chi connectivity index (χ4n) is 3.08. The molecule has 1 amide bonds. The first-order valence-corrected chi connectivity index (χ1v) is 8.85. The van der Waals surface area contributed by atoms with Gasteiger partial charge in [0, 0.05) is 32.4 Å². The lowest BCUT2D eigenvalue weighted by molar-refractivity contribution is -0.384. The van der Waals surface area contributed by atoms with Crippen LogP contribution in [0.3, 0.4) is 0 Å². The third-order valence-electron chi connectivity index (χ3n) is 4.70. The van der Waals surface area contributed by atoms with E-state index in [-0.39, 0.29) is 23.1 Å². The zero-order chi connectivity index (χ0) is 21.3. The fourth-order valence-corrected chi connectivity index (χ4v) is 3.08. The molecule has 0 aliphatic carbocycles. The average Bonchev–Trinajstić information content (AvgIpc) is 2.70. The molecule has 0 unspecified atom stereocenters. The lowest BCUT2D eigenvalue weighted by atomic mass is 10.1. The van der Waals surface area contributed by atoms with Crippen molar-refractivity contribution in [3.8, 4) is 0 Å². The Hall–Kier alpha value is -3.82. The quantitative estimate of drug-likeness (QED) is 0.510. The second-order valence-corrected chi connectivity index (χ2v) is 6.56. The maximum absolute atomic E-state index is 12.7. The molecule has 0 fully saturated rings. The van der Waals surface area contributed by atoms with E-state index >= 15 is 0 Å². The number of carbonyl (C=O) groups is 1. The third-order valence-corrected chi connectivity index (χ3v) is 4.70. The van der Waals surface area contributed by atoms with Gasteiger partial charge in [0.15, 0.2) is 5.65 Å². The van der Waals surface area contributed by atoms with Gasteiger partial charge in [-0.1, -0.05) is 19.1 Å². The van der Waals surface area contributed by atoms with E-state index in [0.29, 0.717) is 23.2 Å². The Morgan fingerprint density at radius 2 is 1.83 bits per heavy atom. The SMILES string of the molecule is CCc1cnc2c(c1NC(=O)Cc1ccc([N+](=O)[O-])cc1)c(=O)n(C)c(=O)n2C. The number of nitro benzene ring substituents is 1. The van der Waals surface area contributed by atoms with Gasteiger partial charge in [0.1, 0.15) is 5.39 Å². The minimum absolute atomic E-state index is 0.0307. The predicted molar refractivity (Wildman–Crippen MR) is 107 cm³/mol. The first kappa shape index (κ1) is 19.9. The molecule has 0 aliphatic rings. The Bertz CT molecular complexity index is 1240. The van der Waals surface area contributed by atoms with E-state index in [4.69, 9.17) is 0 Å². The van der Waals surface area contributed by atoms with Gasteiger partial charge in [-0.15, -0.1) is 0 Å². The normalized spacial score (nSPS) is 10.9. The summed E-state index contributed by atoms with van der Waals surface area (Å²) < 4.78 is 2.22. The minimum atomic E-state index is -0.545. The number of rotatable bonds is 5. The number of pyridine rings is 1. The Labute approximate surface area is 164 Å². The van der Waals surface area contributed by atoms with E-state index in [1.54, 1.807) is 0 Å². The number of nitrogens with zero attached hydrogens (tertiary/aromatic N) is 4. The highest BCUT2D eigenvalue weighted by Crippen LogP contribution is 2.23. The van der Waals surface area contributed by atoms with E-state index < -0.39 is 22.1 Å². The summed E-state index contributed by atoms with van der Waals surface area (Å²) in [4.78, 5) is 52.0. The number of aryl methyl sites for hydroxylation is 2. The molecule has 0 spiro atoms. The van der Waals surface area contributed by atoms with Crippen molar-refractivity contribution in [2.45, 2.75) is 19.8 Å². The van der Waals surface area contributed by atoms with Gasteiger partial charge in [-0.05, 0) is 17.5 Å². The lowest BCUT2D eigenvalue weighted by Gasteiger charge is -2.15. The number of non-ortho nitro benzene ring substituents is 1. The first-order valence-electron chi connectivity index (χ1n) is 8.85. The zero-order valence-electron chi connectivity index (χ0n) is 16.1. The van der Waals surface area contributed by atoms with Gasteiger partial charge in [-0.25, -0.2) is 9.78 Å². The van der Waals surface area contributed by atoms with Crippen LogP contribution in [0.15, 0.2) is 40.1 Å². The number of nitrogens with one attached hydrogen (secondary N) is 1. The van der Waals surface area contributed by atoms with Crippen molar-refractivity contribution >= 4 is 28.3 Å². The molecule has 1 N–H and O–H groups in total. The number of hydrogen-bond acceptors (Lipinski definition) is 6. The molecule has 0 radical (unpaired) electrons. The number of benzene rings is 1. The van der Waals surface area contributed by atoms with Crippen LogP contribution >= 0.6 is 0 Å². The van der Waals surface area contributed by atoms with Crippen LogP contribution in [0.4, 0.5) is 11.4 Å². The molecule has 0 atom stereocenters. The van der Waals surface area contributed by atoms with Crippen LogP contribution in [0.1, 0.15) is 18.1 Å². The van der Waals surface area contributed by atoms with Crippen LogP contribution < -0.4 is 16.6 Å². The van der Waals surface area contributed by atoms with E-state index in [9.17, 15) is 24.5 Å². The van der Waals surface area contributed by atoms with E-state index in [0.717, 1.165) is 4.57 Å². The molecular formula is C19H19N5O5. The molecule has 0 saturated heterocycles. The standard InChI is InChI=1S/C19H19N5O5/c1-4-12-10-20-17-15(18(26)23(3)19(27)22(17)2)16(12)21-14(25)9-11-5-7-13(8-6-11)24(28)29/h5-8,10H,4,9H2,1-3H3,(H,20,21,25). The molecule has 3 aromatic rings. The van der Waals surface area contributed by atoms with Crippen LogP contribution in [0.5, 0.6) is 0 Å². The Morgan fingerprint density at radius 1 is 1.17 bits per heavy atom. The number of aromatic nitrogens is 3. The summed E-state index contributed by atoms with van der Waals surface area (Å²) in [5.74, 6) is -0.392. The van der Waals surface area contributed by atoms with Crippen LogP contribution in [0, 0.1) is 10.1 Å². The minimum Gasteiger partial charge on any atom is -0.325 e. The summed E-state index contributed by atoms with van der Waals surface area (Å²) in [7, 11) is 2.87. The predicted octanol–water partition coefficient (Wildman–Crippen LogP) is 1.28. The maximum atomic E-state index is 12.7. The highest BCUT2D eigenvalue weighted by Gasteiger charge is 2.18. The molecule has 2 aromatic heterocycles. The smallest absolute Gasteiger partial charge is 0.325 e. The van der Waals surface area contributed by atoms with E-state index in [2.05, 4.69) is 10.3 Å². The van der Waals surface area contributed by atoms with E-state index in [1.807, 2.05) is 6.92 Å². The highest BCUT2D eigenvalue weighted by molar-refractivity contribution is 6.01. The summed E-state index contributed by atoms with van der Waals surface area (Å²) in [6.07, 6.45) is 2.02. The Kier molecular flexibility index (Phi) is 5.26. The number of amides is 1. The summed E-state index contributed by atoms with van der Waals surface area (Å²) in [6, 6.07) is 5.67. The van der Waals surface area contributed by atoms with Crippen LogP contribution in [-0.4, -0.2) is 24.9 Å². The largest absolute Gasteiger partial charge is 0.332 e. The number of anilines is 1. The van der Waals surface area contributed by atoms with Crippen LogP contribution in [-0.2, 0) is 31.7 Å². The Balaban J connectivity index is 2.02. The van der Waals surface area contributed by atoms with Gasteiger partial charge < -0.3 is 5.32 Å². The molecule has 0 saturated carbocycles. The molecular weight excluding hydrogens is 378 g/mol. The summed E-state index contributed by atoms with van der Waals surface area (Å²) >= 11 is 0. The average molecular weight is 397 g/mol. The fraction of sp³-hybridized carbons (Fsp3) is 0.263. The first-order chi connectivity index (χ1) is 13.7. The van der Waals surface area contributed by atoms with E-state index in [1.165, 1.54) is 49.1 Å². The molecule has 29 heavy (non-hydrogen) atoms. The van der Waals surface area contributed by atoms with Gasteiger partial charge >= 0.3 is 5.69 Å². The maximum Gasteiger partial charge on any atom is 0.332 e. The number of nitro groups is 1. The monoisotopic (exact) mass is 397 g/mol. The topological polar surface area (TPSA) is 129 Å². The lowest BCUT2D eigenvalue weighted by Crippen LogP contribution is -2.38. The van der Waals surface area contributed by atoms with Gasteiger partial charge in [0.2, 0.25) is 5.91 Å². The zero-order valence-corrected chi connectivity index (χ0v) is 16.1. The summed E-state index contributed by atoms with van der Waals surface area (Å²) in [5, 5.41) is 13.7.